The smallest absolute Gasteiger partial charge is 0.123 e. The molecule has 0 unspecified atom stereocenters. The number of rotatable bonds is 4. The van der Waals surface area contributed by atoms with Gasteiger partial charge in [-0.3, -0.25) is 0 Å². The van der Waals surface area contributed by atoms with Crippen molar-refractivity contribution in [3.05, 3.63) is 28.8 Å². The lowest BCUT2D eigenvalue weighted by Crippen LogP contribution is -2.18. The number of methoxy groups -OCH3 is 1. The Morgan fingerprint density at radius 1 is 1.27 bits per heavy atom. The summed E-state index contributed by atoms with van der Waals surface area (Å²) in [5, 5.41) is 0. The zero-order valence-corrected chi connectivity index (χ0v) is 10.4. The summed E-state index contributed by atoms with van der Waals surface area (Å²) in [5.41, 5.74) is 3.87. The zero-order valence-electron chi connectivity index (χ0n) is 10.4. The molecular weight excluding hydrogens is 186 g/mol. The predicted molar refractivity (Wildman–Crippen MR) is 64.5 cm³/mol. The van der Waals surface area contributed by atoms with Crippen molar-refractivity contribution in [2.75, 3.05) is 20.7 Å². The molecule has 1 aromatic rings. The van der Waals surface area contributed by atoms with Gasteiger partial charge in [0.05, 0.1) is 7.11 Å². The predicted octanol–water partition coefficient (Wildman–Crippen LogP) is 2.76. The molecule has 0 atom stereocenters. The molecule has 1 aromatic carbocycles. The molecule has 2 nitrogen and oxygen atoms in total. The Hall–Kier alpha value is -1.02. The van der Waals surface area contributed by atoms with Gasteiger partial charge in [0, 0.05) is 12.1 Å². The van der Waals surface area contributed by atoms with E-state index >= 15 is 0 Å². The molecule has 0 spiro atoms. The van der Waals surface area contributed by atoms with Crippen molar-refractivity contribution in [2.24, 2.45) is 0 Å². The second kappa shape index (κ2) is 5.17. The van der Waals surface area contributed by atoms with Gasteiger partial charge in [0.15, 0.2) is 0 Å². The maximum atomic E-state index is 5.43. The van der Waals surface area contributed by atoms with E-state index in [1.807, 2.05) is 0 Å². The van der Waals surface area contributed by atoms with Crippen molar-refractivity contribution >= 4 is 0 Å². The van der Waals surface area contributed by atoms with E-state index in [1.54, 1.807) is 7.11 Å². The van der Waals surface area contributed by atoms with E-state index in [0.29, 0.717) is 0 Å². The minimum absolute atomic E-state index is 0.950. The number of hydrogen-bond acceptors (Lipinski definition) is 2. The molecule has 2 heteroatoms. The molecule has 0 saturated carbocycles. The summed E-state index contributed by atoms with van der Waals surface area (Å²) in [6.45, 7) is 8.41. The molecule has 0 aromatic heterocycles. The normalized spacial score (nSPS) is 10.8. The van der Waals surface area contributed by atoms with Gasteiger partial charge in [0.1, 0.15) is 5.75 Å². The Morgan fingerprint density at radius 2 is 1.93 bits per heavy atom. The van der Waals surface area contributed by atoms with Gasteiger partial charge in [0.2, 0.25) is 0 Å². The average molecular weight is 207 g/mol. The van der Waals surface area contributed by atoms with Crippen LogP contribution in [-0.2, 0) is 6.54 Å². The van der Waals surface area contributed by atoms with Crippen molar-refractivity contribution in [3.63, 3.8) is 0 Å². The van der Waals surface area contributed by atoms with Crippen LogP contribution in [0.2, 0.25) is 0 Å². The van der Waals surface area contributed by atoms with Gasteiger partial charge in [-0.25, -0.2) is 0 Å². The highest BCUT2D eigenvalue weighted by Crippen LogP contribution is 2.25. The summed E-state index contributed by atoms with van der Waals surface area (Å²) in [7, 11) is 3.86. The second-order valence-corrected chi connectivity index (χ2v) is 4.09. The molecule has 84 valence electrons. The Labute approximate surface area is 92.9 Å². The summed E-state index contributed by atoms with van der Waals surface area (Å²) in [6, 6.07) is 4.31. The number of aryl methyl sites for hydroxylation is 2. The summed E-state index contributed by atoms with van der Waals surface area (Å²) < 4.78 is 5.43. The maximum Gasteiger partial charge on any atom is 0.123 e. The largest absolute Gasteiger partial charge is 0.496 e. The van der Waals surface area contributed by atoms with Crippen LogP contribution in [0.4, 0.5) is 0 Å². The Bertz CT molecular complexity index is 334. The minimum Gasteiger partial charge on any atom is -0.496 e. The molecule has 0 saturated heterocycles. The first kappa shape index (κ1) is 12.1. The van der Waals surface area contributed by atoms with Crippen LogP contribution < -0.4 is 4.74 Å². The van der Waals surface area contributed by atoms with E-state index in [1.165, 1.54) is 16.7 Å². The van der Waals surface area contributed by atoms with Crippen molar-refractivity contribution in [1.82, 2.24) is 4.90 Å². The van der Waals surface area contributed by atoms with Crippen LogP contribution in [0.1, 0.15) is 23.6 Å². The lowest BCUT2D eigenvalue weighted by atomic mass is 10.0. The number of hydrogen-bond donors (Lipinski definition) is 0. The van der Waals surface area contributed by atoms with Crippen LogP contribution in [0, 0.1) is 13.8 Å². The quantitative estimate of drug-likeness (QED) is 0.752. The van der Waals surface area contributed by atoms with Crippen LogP contribution in [0.3, 0.4) is 0 Å². The lowest BCUT2D eigenvalue weighted by Gasteiger charge is -2.18. The van der Waals surface area contributed by atoms with Gasteiger partial charge < -0.3 is 9.64 Å². The molecule has 0 amide bonds. The number of benzene rings is 1. The van der Waals surface area contributed by atoms with E-state index in [4.69, 9.17) is 4.74 Å². The number of ether oxygens (including phenoxy) is 1. The van der Waals surface area contributed by atoms with Gasteiger partial charge in [-0.1, -0.05) is 13.0 Å². The molecule has 0 aliphatic rings. The van der Waals surface area contributed by atoms with Gasteiger partial charge in [-0.15, -0.1) is 0 Å². The molecule has 15 heavy (non-hydrogen) atoms. The van der Waals surface area contributed by atoms with E-state index in [-0.39, 0.29) is 0 Å². The van der Waals surface area contributed by atoms with Gasteiger partial charge in [-0.2, -0.15) is 0 Å². The minimum atomic E-state index is 0.950. The summed E-state index contributed by atoms with van der Waals surface area (Å²) in [5.74, 6) is 1.01. The Kier molecular flexibility index (Phi) is 4.15. The van der Waals surface area contributed by atoms with Crippen molar-refractivity contribution in [1.29, 1.82) is 0 Å². The van der Waals surface area contributed by atoms with Crippen LogP contribution >= 0.6 is 0 Å². The molecular formula is C13H21NO. The lowest BCUT2D eigenvalue weighted by molar-refractivity contribution is 0.332. The second-order valence-electron chi connectivity index (χ2n) is 4.09. The third-order valence-corrected chi connectivity index (χ3v) is 2.76. The Balaban J connectivity index is 3.04. The van der Waals surface area contributed by atoms with E-state index in [0.717, 1.165) is 18.8 Å². The van der Waals surface area contributed by atoms with E-state index < -0.39 is 0 Å². The number of nitrogens with zero attached hydrogens (tertiary/aromatic N) is 1. The molecule has 1 rings (SSSR count). The van der Waals surface area contributed by atoms with E-state index in [9.17, 15) is 0 Å². The summed E-state index contributed by atoms with van der Waals surface area (Å²) in [4.78, 5) is 2.28. The fourth-order valence-electron chi connectivity index (χ4n) is 1.72. The maximum absolute atomic E-state index is 5.43. The van der Waals surface area contributed by atoms with Crippen LogP contribution in [0.15, 0.2) is 12.1 Å². The van der Waals surface area contributed by atoms with Crippen LogP contribution in [0.5, 0.6) is 5.75 Å². The van der Waals surface area contributed by atoms with Crippen LogP contribution in [0.25, 0.3) is 0 Å². The monoisotopic (exact) mass is 207 g/mol. The molecule has 0 radical (unpaired) electrons. The van der Waals surface area contributed by atoms with Crippen molar-refractivity contribution < 1.29 is 4.74 Å². The topological polar surface area (TPSA) is 12.5 Å². The molecule has 0 aliphatic heterocycles. The molecule has 0 N–H and O–H groups in total. The molecule has 0 aliphatic carbocycles. The summed E-state index contributed by atoms with van der Waals surface area (Å²) in [6.07, 6.45) is 0. The van der Waals surface area contributed by atoms with Crippen LogP contribution in [-0.4, -0.2) is 25.6 Å². The average Bonchev–Trinajstić information content (AvgIpc) is 2.21. The highest BCUT2D eigenvalue weighted by atomic mass is 16.5. The van der Waals surface area contributed by atoms with Gasteiger partial charge in [-0.05, 0) is 44.6 Å². The highest BCUT2D eigenvalue weighted by molar-refractivity contribution is 5.42. The van der Waals surface area contributed by atoms with Crippen molar-refractivity contribution in [3.8, 4) is 5.75 Å². The third kappa shape index (κ3) is 2.96. The fourth-order valence-corrected chi connectivity index (χ4v) is 1.72. The zero-order chi connectivity index (χ0) is 11.4. The molecule has 0 bridgehead atoms. The first-order valence-electron chi connectivity index (χ1n) is 5.41. The van der Waals surface area contributed by atoms with E-state index in [2.05, 4.69) is 44.9 Å². The molecule has 0 fully saturated rings. The fraction of sp³-hybridized carbons (Fsp3) is 0.538. The van der Waals surface area contributed by atoms with Gasteiger partial charge >= 0.3 is 0 Å². The third-order valence-electron chi connectivity index (χ3n) is 2.76. The van der Waals surface area contributed by atoms with Crippen molar-refractivity contribution in [2.45, 2.75) is 27.3 Å². The first-order chi connectivity index (χ1) is 7.08. The van der Waals surface area contributed by atoms with Gasteiger partial charge in [0.25, 0.3) is 0 Å². The first-order valence-corrected chi connectivity index (χ1v) is 5.41. The molecule has 0 heterocycles. The standard InChI is InChI=1S/C13H21NO/c1-6-14(4)9-12-11(3)7-10(2)8-13(12)15-5/h7-8H,6,9H2,1-5H3. The highest BCUT2D eigenvalue weighted by Gasteiger charge is 2.09. The SMILES string of the molecule is CCN(C)Cc1c(C)cc(C)cc1OC. The summed E-state index contributed by atoms with van der Waals surface area (Å²) >= 11 is 0. The Morgan fingerprint density at radius 3 is 2.47 bits per heavy atom.